The van der Waals surface area contributed by atoms with Crippen molar-refractivity contribution in [2.45, 2.75) is 59.9 Å². The molecule has 0 aliphatic carbocycles. The van der Waals surface area contributed by atoms with E-state index in [2.05, 4.69) is 37.6 Å². The summed E-state index contributed by atoms with van der Waals surface area (Å²) >= 11 is 0. The summed E-state index contributed by atoms with van der Waals surface area (Å²) in [6.45, 7) is 11.3. The Kier molecular flexibility index (Phi) is 5.45. The van der Waals surface area contributed by atoms with Crippen molar-refractivity contribution in [1.29, 1.82) is 0 Å². The fourth-order valence-electron chi connectivity index (χ4n) is 2.47. The summed E-state index contributed by atoms with van der Waals surface area (Å²) in [6, 6.07) is 2.39. The lowest BCUT2D eigenvalue weighted by Gasteiger charge is -2.13. The van der Waals surface area contributed by atoms with Crippen LogP contribution in [0.25, 0.3) is 0 Å². The van der Waals surface area contributed by atoms with Crippen molar-refractivity contribution >= 4 is 5.91 Å². The first kappa shape index (κ1) is 14.8. The van der Waals surface area contributed by atoms with Crippen LogP contribution in [0.2, 0.25) is 0 Å². The highest BCUT2D eigenvalue weighted by atomic mass is 16.1. The minimum absolute atomic E-state index is 0.0612. The summed E-state index contributed by atoms with van der Waals surface area (Å²) in [5.41, 5.74) is 3.04. The SMILES string of the molecule is CCCCCNC(=O)c1cc(C)n(C(C)C)c1C. The number of carbonyl (C=O) groups is 1. The van der Waals surface area contributed by atoms with Crippen LogP contribution in [0, 0.1) is 13.8 Å². The quantitative estimate of drug-likeness (QED) is 0.769. The molecule has 1 amide bonds. The maximum Gasteiger partial charge on any atom is 0.253 e. The summed E-state index contributed by atoms with van der Waals surface area (Å²) in [7, 11) is 0. The molecule has 1 aromatic rings. The molecule has 1 aromatic heterocycles. The molecule has 0 aromatic carbocycles. The maximum atomic E-state index is 12.1. The highest BCUT2D eigenvalue weighted by Crippen LogP contribution is 2.19. The van der Waals surface area contributed by atoms with Crippen LogP contribution in [0.4, 0.5) is 0 Å². The van der Waals surface area contributed by atoms with Gasteiger partial charge in [0.05, 0.1) is 5.56 Å². The third kappa shape index (κ3) is 3.37. The highest BCUT2D eigenvalue weighted by molar-refractivity contribution is 5.95. The number of nitrogens with zero attached hydrogens (tertiary/aromatic N) is 1. The molecule has 0 bridgehead atoms. The summed E-state index contributed by atoms with van der Waals surface area (Å²) < 4.78 is 2.21. The van der Waals surface area contributed by atoms with Crippen LogP contribution in [-0.4, -0.2) is 17.0 Å². The van der Waals surface area contributed by atoms with Crippen molar-refractivity contribution in [2.24, 2.45) is 0 Å². The van der Waals surface area contributed by atoms with Crippen molar-refractivity contribution < 1.29 is 4.79 Å². The van der Waals surface area contributed by atoms with E-state index >= 15 is 0 Å². The lowest BCUT2D eigenvalue weighted by Crippen LogP contribution is -2.25. The highest BCUT2D eigenvalue weighted by Gasteiger charge is 2.16. The van der Waals surface area contributed by atoms with Crippen molar-refractivity contribution in [1.82, 2.24) is 9.88 Å². The van der Waals surface area contributed by atoms with Crippen LogP contribution in [0.15, 0.2) is 6.07 Å². The van der Waals surface area contributed by atoms with Gasteiger partial charge in [0.15, 0.2) is 0 Å². The predicted octanol–water partition coefficient (Wildman–Crippen LogP) is 3.61. The maximum absolute atomic E-state index is 12.1. The standard InChI is InChI=1S/C15H26N2O/c1-6-7-8-9-16-15(18)14-10-12(4)17(11(2)3)13(14)5/h10-11H,6-9H2,1-5H3,(H,16,18). The molecule has 0 saturated heterocycles. The van der Waals surface area contributed by atoms with E-state index in [4.69, 9.17) is 0 Å². The van der Waals surface area contributed by atoms with Gasteiger partial charge in [0.1, 0.15) is 0 Å². The fourth-order valence-corrected chi connectivity index (χ4v) is 2.47. The molecule has 0 atom stereocenters. The van der Waals surface area contributed by atoms with Crippen LogP contribution in [-0.2, 0) is 0 Å². The van der Waals surface area contributed by atoms with Gasteiger partial charge in [0.2, 0.25) is 0 Å². The van der Waals surface area contributed by atoms with E-state index in [-0.39, 0.29) is 5.91 Å². The van der Waals surface area contributed by atoms with Gasteiger partial charge >= 0.3 is 0 Å². The van der Waals surface area contributed by atoms with E-state index < -0.39 is 0 Å². The molecule has 1 rings (SSSR count). The molecule has 102 valence electrons. The van der Waals surface area contributed by atoms with Gasteiger partial charge in [0, 0.05) is 24.0 Å². The zero-order valence-electron chi connectivity index (χ0n) is 12.3. The van der Waals surface area contributed by atoms with Gasteiger partial charge in [-0.3, -0.25) is 4.79 Å². The molecule has 18 heavy (non-hydrogen) atoms. The number of nitrogens with one attached hydrogen (secondary N) is 1. The van der Waals surface area contributed by atoms with Gasteiger partial charge in [-0.25, -0.2) is 0 Å². The summed E-state index contributed by atoms with van der Waals surface area (Å²) in [5.74, 6) is 0.0612. The van der Waals surface area contributed by atoms with Gasteiger partial charge in [-0.15, -0.1) is 0 Å². The lowest BCUT2D eigenvalue weighted by molar-refractivity contribution is 0.0952. The molecule has 0 aliphatic heterocycles. The second-order valence-corrected chi connectivity index (χ2v) is 5.21. The zero-order chi connectivity index (χ0) is 13.7. The number of unbranched alkanes of at least 4 members (excludes halogenated alkanes) is 2. The van der Waals surface area contributed by atoms with Gasteiger partial charge < -0.3 is 9.88 Å². The second kappa shape index (κ2) is 6.62. The van der Waals surface area contributed by atoms with Crippen molar-refractivity contribution in [3.05, 3.63) is 23.0 Å². The van der Waals surface area contributed by atoms with Gasteiger partial charge in [-0.05, 0) is 40.2 Å². The van der Waals surface area contributed by atoms with Crippen LogP contribution in [0.3, 0.4) is 0 Å². The summed E-state index contributed by atoms with van der Waals surface area (Å²) in [4.78, 5) is 12.1. The largest absolute Gasteiger partial charge is 0.352 e. The average molecular weight is 250 g/mol. The number of aryl methyl sites for hydroxylation is 1. The normalized spacial score (nSPS) is 11.0. The number of hydrogen-bond acceptors (Lipinski definition) is 1. The second-order valence-electron chi connectivity index (χ2n) is 5.21. The molecule has 0 radical (unpaired) electrons. The number of aromatic nitrogens is 1. The van der Waals surface area contributed by atoms with Gasteiger partial charge in [-0.1, -0.05) is 19.8 Å². The van der Waals surface area contributed by atoms with Crippen LogP contribution in [0.5, 0.6) is 0 Å². The minimum Gasteiger partial charge on any atom is -0.352 e. The first-order valence-corrected chi connectivity index (χ1v) is 6.95. The molecular weight excluding hydrogens is 224 g/mol. The van der Waals surface area contributed by atoms with E-state index in [0.29, 0.717) is 6.04 Å². The Morgan fingerprint density at radius 1 is 1.33 bits per heavy atom. The van der Waals surface area contributed by atoms with E-state index in [1.54, 1.807) is 0 Å². The molecule has 0 unspecified atom stereocenters. The molecule has 3 nitrogen and oxygen atoms in total. The summed E-state index contributed by atoms with van der Waals surface area (Å²) in [5, 5.41) is 3.00. The Labute approximate surface area is 111 Å². The Hall–Kier alpha value is -1.25. The van der Waals surface area contributed by atoms with Crippen molar-refractivity contribution in [3.8, 4) is 0 Å². The molecule has 3 heteroatoms. The van der Waals surface area contributed by atoms with Gasteiger partial charge in [0.25, 0.3) is 5.91 Å². The first-order valence-electron chi connectivity index (χ1n) is 6.95. The molecule has 1 N–H and O–H groups in total. The zero-order valence-corrected chi connectivity index (χ0v) is 12.3. The van der Waals surface area contributed by atoms with E-state index in [1.807, 2.05) is 13.0 Å². The Morgan fingerprint density at radius 2 is 2.00 bits per heavy atom. The molecule has 0 spiro atoms. The van der Waals surface area contributed by atoms with E-state index in [1.165, 1.54) is 12.8 Å². The average Bonchev–Trinajstić information content (AvgIpc) is 2.60. The molecule has 0 saturated carbocycles. The van der Waals surface area contributed by atoms with Crippen molar-refractivity contribution in [2.75, 3.05) is 6.54 Å². The Balaban J connectivity index is 2.72. The van der Waals surface area contributed by atoms with E-state index in [9.17, 15) is 4.79 Å². The van der Waals surface area contributed by atoms with Gasteiger partial charge in [-0.2, -0.15) is 0 Å². The Bertz CT molecular complexity index is 405. The third-order valence-electron chi connectivity index (χ3n) is 3.31. The minimum atomic E-state index is 0.0612. The molecule has 1 heterocycles. The number of amides is 1. The van der Waals surface area contributed by atoms with Crippen LogP contribution >= 0.6 is 0 Å². The number of hydrogen-bond donors (Lipinski definition) is 1. The third-order valence-corrected chi connectivity index (χ3v) is 3.31. The smallest absolute Gasteiger partial charge is 0.253 e. The molecule has 0 fully saturated rings. The molecular formula is C15H26N2O. The number of carbonyl (C=O) groups excluding carboxylic acids is 1. The lowest BCUT2D eigenvalue weighted by atomic mass is 10.2. The predicted molar refractivity (Wildman–Crippen MR) is 76.1 cm³/mol. The Morgan fingerprint density at radius 3 is 2.50 bits per heavy atom. The topological polar surface area (TPSA) is 34.0 Å². The van der Waals surface area contributed by atoms with Crippen molar-refractivity contribution in [3.63, 3.8) is 0 Å². The summed E-state index contributed by atoms with van der Waals surface area (Å²) in [6.07, 6.45) is 3.41. The first-order chi connectivity index (χ1) is 8.49. The number of rotatable bonds is 6. The van der Waals surface area contributed by atoms with E-state index in [0.717, 1.165) is 29.9 Å². The van der Waals surface area contributed by atoms with Crippen LogP contribution < -0.4 is 5.32 Å². The fraction of sp³-hybridized carbons (Fsp3) is 0.667. The van der Waals surface area contributed by atoms with Crippen LogP contribution in [0.1, 0.15) is 67.8 Å². The molecule has 0 aliphatic rings. The monoisotopic (exact) mass is 250 g/mol.